The molecule has 2 heterocycles. The molecule has 118 valence electrons. The van der Waals surface area contributed by atoms with E-state index in [9.17, 15) is 0 Å². The molecule has 3 aromatic rings. The first-order valence-corrected chi connectivity index (χ1v) is 8.17. The summed E-state index contributed by atoms with van der Waals surface area (Å²) in [5.41, 5.74) is 7.77. The smallest absolute Gasteiger partial charge is 0.122 e. The monoisotopic (exact) mass is 306 g/mol. The molecule has 2 N–H and O–H groups in total. The van der Waals surface area contributed by atoms with Crippen molar-refractivity contribution in [3.05, 3.63) is 64.3 Å². The minimum atomic E-state index is 0.218. The third-order valence-corrected chi connectivity index (χ3v) is 4.95. The minimum absolute atomic E-state index is 0.218. The van der Waals surface area contributed by atoms with E-state index < -0.39 is 0 Å². The highest BCUT2D eigenvalue weighted by Gasteiger charge is 2.26. The highest BCUT2D eigenvalue weighted by atomic mass is 16.5. The predicted molar refractivity (Wildman–Crippen MR) is 94.3 cm³/mol. The lowest BCUT2D eigenvalue weighted by molar-refractivity contribution is 0.411. The minimum Gasteiger partial charge on any atom is -0.496 e. The van der Waals surface area contributed by atoms with Crippen LogP contribution in [0.2, 0.25) is 0 Å². The molecule has 1 aromatic heterocycles. The van der Waals surface area contributed by atoms with Crippen LogP contribution in [0.25, 0.3) is 10.9 Å². The summed E-state index contributed by atoms with van der Waals surface area (Å²) in [5, 5.41) is 5.04. The number of rotatable bonds is 2. The molecule has 0 aliphatic carbocycles. The van der Waals surface area contributed by atoms with Gasteiger partial charge in [0.1, 0.15) is 5.75 Å². The Morgan fingerprint density at radius 3 is 2.74 bits per heavy atom. The fraction of sp³-hybridized carbons (Fsp3) is 0.300. The van der Waals surface area contributed by atoms with Gasteiger partial charge in [-0.25, -0.2) is 0 Å². The number of H-pyrrole nitrogens is 1. The molecule has 23 heavy (non-hydrogen) atoms. The summed E-state index contributed by atoms with van der Waals surface area (Å²) >= 11 is 0. The van der Waals surface area contributed by atoms with Crippen LogP contribution in [0.15, 0.2) is 36.4 Å². The quantitative estimate of drug-likeness (QED) is 0.750. The Hall–Kier alpha value is -2.26. The number of para-hydroxylation sites is 1. The highest BCUT2D eigenvalue weighted by Crippen LogP contribution is 2.36. The van der Waals surface area contributed by atoms with Crippen LogP contribution in [0, 0.1) is 13.8 Å². The zero-order valence-corrected chi connectivity index (χ0v) is 13.9. The molecule has 0 amide bonds. The SMILES string of the molecule is COc1cc(C)c(C2NCCc3c2[nH]c2ccccc32)cc1C. The number of methoxy groups -OCH3 is 1. The van der Waals surface area contributed by atoms with Crippen molar-refractivity contribution >= 4 is 10.9 Å². The number of benzene rings is 2. The summed E-state index contributed by atoms with van der Waals surface area (Å²) in [7, 11) is 1.73. The van der Waals surface area contributed by atoms with E-state index in [0.29, 0.717) is 0 Å². The zero-order valence-electron chi connectivity index (χ0n) is 13.9. The number of ether oxygens (including phenoxy) is 1. The molecule has 0 fully saturated rings. The molecule has 3 heteroatoms. The van der Waals surface area contributed by atoms with E-state index in [1.807, 2.05) is 0 Å². The molecule has 0 radical (unpaired) electrons. The number of aromatic amines is 1. The second-order valence-electron chi connectivity index (χ2n) is 6.38. The van der Waals surface area contributed by atoms with Gasteiger partial charge in [0, 0.05) is 23.1 Å². The highest BCUT2D eigenvalue weighted by molar-refractivity contribution is 5.85. The van der Waals surface area contributed by atoms with Crippen LogP contribution in [0.1, 0.15) is 34.0 Å². The third kappa shape index (κ3) is 2.23. The second kappa shape index (κ2) is 5.43. The number of aromatic nitrogens is 1. The van der Waals surface area contributed by atoms with Crippen LogP contribution in [-0.2, 0) is 6.42 Å². The molecule has 3 nitrogen and oxygen atoms in total. The topological polar surface area (TPSA) is 37.0 Å². The first-order valence-electron chi connectivity index (χ1n) is 8.17. The normalized spacial score (nSPS) is 17.3. The van der Waals surface area contributed by atoms with Gasteiger partial charge < -0.3 is 15.0 Å². The van der Waals surface area contributed by atoms with Crippen LogP contribution in [-0.4, -0.2) is 18.6 Å². The van der Waals surface area contributed by atoms with Crippen molar-refractivity contribution in [3.8, 4) is 5.75 Å². The van der Waals surface area contributed by atoms with Crippen LogP contribution < -0.4 is 10.1 Å². The van der Waals surface area contributed by atoms with Crippen molar-refractivity contribution in [2.24, 2.45) is 0 Å². The van der Waals surface area contributed by atoms with Gasteiger partial charge in [0.15, 0.2) is 0 Å². The van der Waals surface area contributed by atoms with Crippen molar-refractivity contribution < 1.29 is 4.74 Å². The van der Waals surface area contributed by atoms with Crippen molar-refractivity contribution in [2.75, 3.05) is 13.7 Å². The molecule has 2 aromatic carbocycles. The number of fused-ring (bicyclic) bond motifs is 3. The standard InChI is InChI=1S/C20H22N2O/c1-12-11-18(23-3)13(2)10-16(12)19-20-15(8-9-21-19)14-6-4-5-7-17(14)22-20/h4-7,10-11,19,21-22H,8-9H2,1-3H3. The Morgan fingerprint density at radius 1 is 1.09 bits per heavy atom. The van der Waals surface area contributed by atoms with Crippen molar-refractivity contribution in [3.63, 3.8) is 0 Å². The molecule has 0 bridgehead atoms. The van der Waals surface area contributed by atoms with Gasteiger partial charge in [0.05, 0.1) is 13.2 Å². The molecule has 0 saturated heterocycles. The predicted octanol–water partition coefficient (Wildman–Crippen LogP) is 4.03. The second-order valence-corrected chi connectivity index (χ2v) is 6.38. The molecule has 1 aliphatic rings. The van der Waals surface area contributed by atoms with Crippen LogP contribution in [0.3, 0.4) is 0 Å². The van der Waals surface area contributed by atoms with E-state index in [1.165, 1.54) is 38.9 Å². The van der Waals surface area contributed by atoms with E-state index in [0.717, 1.165) is 18.7 Å². The van der Waals surface area contributed by atoms with Crippen LogP contribution in [0.5, 0.6) is 5.75 Å². The Balaban J connectivity index is 1.88. The van der Waals surface area contributed by atoms with Crippen LogP contribution in [0.4, 0.5) is 0 Å². The molecular formula is C20H22N2O. The van der Waals surface area contributed by atoms with Gasteiger partial charge in [-0.1, -0.05) is 24.3 Å². The molecule has 4 rings (SSSR count). The average Bonchev–Trinajstić information content (AvgIpc) is 2.95. The van der Waals surface area contributed by atoms with E-state index in [2.05, 4.69) is 60.5 Å². The fourth-order valence-corrected chi connectivity index (χ4v) is 3.79. The molecule has 0 saturated carbocycles. The van der Waals surface area contributed by atoms with Crippen molar-refractivity contribution in [1.29, 1.82) is 0 Å². The Bertz CT molecular complexity index is 879. The summed E-state index contributed by atoms with van der Waals surface area (Å²) < 4.78 is 5.46. The Labute approximate surface area is 136 Å². The largest absolute Gasteiger partial charge is 0.496 e. The Morgan fingerprint density at radius 2 is 1.91 bits per heavy atom. The fourth-order valence-electron chi connectivity index (χ4n) is 3.79. The molecule has 0 spiro atoms. The first kappa shape index (κ1) is 14.3. The maximum absolute atomic E-state index is 5.46. The van der Waals surface area contributed by atoms with E-state index in [4.69, 9.17) is 4.74 Å². The van der Waals surface area contributed by atoms with E-state index in [-0.39, 0.29) is 6.04 Å². The maximum atomic E-state index is 5.46. The summed E-state index contributed by atoms with van der Waals surface area (Å²) in [6.45, 7) is 5.27. The number of hydrogen-bond acceptors (Lipinski definition) is 2. The molecule has 1 unspecified atom stereocenters. The number of aryl methyl sites for hydroxylation is 2. The van der Waals surface area contributed by atoms with Gasteiger partial charge in [-0.15, -0.1) is 0 Å². The van der Waals surface area contributed by atoms with Gasteiger partial charge >= 0.3 is 0 Å². The lowest BCUT2D eigenvalue weighted by atomic mass is 9.90. The van der Waals surface area contributed by atoms with Gasteiger partial charge in [-0.2, -0.15) is 0 Å². The zero-order chi connectivity index (χ0) is 16.0. The van der Waals surface area contributed by atoms with Crippen LogP contribution >= 0.6 is 0 Å². The van der Waals surface area contributed by atoms with E-state index >= 15 is 0 Å². The number of nitrogens with one attached hydrogen (secondary N) is 2. The average molecular weight is 306 g/mol. The summed E-state index contributed by atoms with van der Waals surface area (Å²) in [4.78, 5) is 3.65. The van der Waals surface area contributed by atoms with Crippen molar-refractivity contribution in [1.82, 2.24) is 10.3 Å². The van der Waals surface area contributed by atoms with Gasteiger partial charge in [0.25, 0.3) is 0 Å². The lowest BCUT2D eigenvalue weighted by Gasteiger charge is -2.27. The molecule has 1 atom stereocenters. The van der Waals surface area contributed by atoms with Crippen molar-refractivity contribution in [2.45, 2.75) is 26.3 Å². The molecular weight excluding hydrogens is 284 g/mol. The summed E-state index contributed by atoms with van der Waals surface area (Å²) in [6, 6.07) is 13.2. The van der Waals surface area contributed by atoms with Gasteiger partial charge in [0.2, 0.25) is 0 Å². The molecule has 1 aliphatic heterocycles. The number of hydrogen-bond donors (Lipinski definition) is 2. The maximum Gasteiger partial charge on any atom is 0.122 e. The van der Waals surface area contributed by atoms with Gasteiger partial charge in [-0.3, -0.25) is 0 Å². The lowest BCUT2D eigenvalue weighted by Crippen LogP contribution is -2.31. The summed E-state index contributed by atoms with van der Waals surface area (Å²) in [5.74, 6) is 0.957. The van der Waals surface area contributed by atoms with E-state index in [1.54, 1.807) is 7.11 Å². The third-order valence-electron chi connectivity index (χ3n) is 4.95. The first-order chi connectivity index (χ1) is 11.2. The summed E-state index contributed by atoms with van der Waals surface area (Å²) in [6.07, 6.45) is 1.07. The van der Waals surface area contributed by atoms with Gasteiger partial charge in [-0.05, 0) is 54.7 Å². The Kier molecular flexibility index (Phi) is 3.38.